The van der Waals surface area contributed by atoms with Gasteiger partial charge in [-0.3, -0.25) is 9.88 Å². The van der Waals surface area contributed by atoms with Crippen LogP contribution in [0.25, 0.3) is 0 Å². The number of likely N-dealkylation sites (tertiary alicyclic amines) is 1. The predicted molar refractivity (Wildman–Crippen MR) is 87.4 cm³/mol. The van der Waals surface area contributed by atoms with Crippen molar-refractivity contribution in [3.63, 3.8) is 0 Å². The summed E-state index contributed by atoms with van der Waals surface area (Å²) in [5.41, 5.74) is 2.15. The van der Waals surface area contributed by atoms with E-state index in [4.69, 9.17) is 0 Å². The Kier molecular flexibility index (Phi) is 6.00. The van der Waals surface area contributed by atoms with Crippen molar-refractivity contribution >= 4 is 11.3 Å². The van der Waals surface area contributed by atoms with Crippen LogP contribution in [0.15, 0.2) is 11.7 Å². The van der Waals surface area contributed by atoms with Gasteiger partial charge in [-0.1, -0.05) is 13.3 Å². The molecule has 2 heterocycles. The standard InChI is InChI=1S/C16H29N3S/c1-4-8-18-15(11-14-12-17-13-20-14)16(2,3)19-9-6-5-7-10-19/h12-13,15,18H,4-11H2,1-3H3. The van der Waals surface area contributed by atoms with E-state index in [1.54, 1.807) is 11.3 Å². The highest BCUT2D eigenvalue weighted by atomic mass is 32.1. The molecule has 20 heavy (non-hydrogen) atoms. The summed E-state index contributed by atoms with van der Waals surface area (Å²) < 4.78 is 0. The minimum atomic E-state index is 0.208. The van der Waals surface area contributed by atoms with Gasteiger partial charge in [0.2, 0.25) is 0 Å². The van der Waals surface area contributed by atoms with Crippen LogP contribution in [-0.4, -0.2) is 41.1 Å². The zero-order chi connectivity index (χ0) is 14.4. The zero-order valence-corrected chi connectivity index (χ0v) is 14.0. The van der Waals surface area contributed by atoms with Crippen molar-refractivity contribution in [2.75, 3.05) is 19.6 Å². The first-order valence-electron chi connectivity index (χ1n) is 8.00. The highest BCUT2D eigenvalue weighted by Crippen LogP contribution is 2.26. The Labute approximate surface area is 127 Å². The SMILES string of the molecule is CCCNC(Cc1cncs1)C(C)(C)N1CCCCC1. The monoisotopic (exact) mass is 295 g/mol. The largest absolute Gasteiger partial charge is 0.312 e. The van der Waals surface area contributed by atoms with E-state index in [0.717, 1.165) is 13.0 Å². The van der Waals surface area contributed by atoms with Crippen LogP contribution in [0.3, 0.4) is 0 Å². The number of aromatic nitrogens is 1. The van der Waals surface area contributed by atoms with E-state index in [1.807, 2.05) is 11.7 Å². The summed E-state index contributed by atoms with van der Waals surface area (Å²) in [5.74, 6) is 0. The summed E-state index contributed by atoms with van der Waals surface area (Å²) in [4.78, 5) is 8.30. The molecule has 114 valence electrons. The normalized spacial score (nSPS) is 19.1. The molecule has 1 aromatic rings. The molecule has 4 heteroatoms. The van der Waals surface area contributed by atoms with Crippen LogP contribution >= 0.6 is 11.3 Å². The summed E-state index contributed by atoms with van der Waals surface area (Å²) in [7, 11) is 0. The maximum Gasteiger partial charge on any atom is 0.0794 e. The average molecular weight is 295 g/mol. The zero-order valence-electron chi connectivity index (χ0n) is 13.2. The summed E-state index contributed by atoms with van der Waals surface area (Å²) >= 11 is 1.78. The summed E-state index contributed by atoms with van der Waals surface area (Å²) in [6.45, 7) is 10.7. The smallest absolute Gasteiger partial charge is 0.0794 e. The van der Waals surface area contributed by atoms with Crippen LogP contribution in [0.5, 0.6) is 0 Å². The van der Waals surface area contributed by atoms with Gasteiger partial charge in [-0.25, -0.2) is 0 Å². The second kappa shape index (κ2) is 7.53. The number of nitrogens with zero attached hydrogens (tertiary/aromatic N) is 2. The Bertz CT molecular complexity index is 369. The summed E-state index contributed by atoms with van der Waals surface area (Å²) in [5, 5.41) is 3.78. The molecule has 3 nitrogen and oxygen atoms in total. The molecule has 0 amide bonds. The number of piperidine rings is 1. The molecule has 0 aliphatic carbocycles. The number of hydrogen-bond acceptors (Lipinski definition) is 4. The van der Waals surface area contributed by atoms with Crippen molar-refractivity contribution in [3.05, 3.63) is 16.6 Å². The van der Waals surface area contributed by atoms with Crippen LogP contribution in [0, 0.1) is 0 Å². The molecule has 0 bridgehead atoms. The van der Waals surface area contributed by atoms with Gasteiger partial charge >= 0.3 is 0 Å². The molecule has 1 aromatic heterocycles. The van der Waals surface area contributed by atoms with Crippen LogP contribution in [0.1, 0.15) is 51.3 Å². The molecular formula is C16H29N3S. The molecular weight excluding hydrogens is 266 g/mol. The van der Waals surface area contributed by atoms with E-state index < -0.39 is 0 Å². The van der Waals surface area contributed by atoms with E-state index in [0.29, 0.717) is 6.04 Å². The van der Waals surface area contributed by atoms with Gasteiger partial charge in [0.25, 0.3) is 0 Å². The highest BCUT2D eigenvalue weighted by molar-refractivity contribution is 7.09. The van der Waals surface area contributed by atoms with Crippen molar-refractivity contribution in [1.29, 1.82) is 0 Å². The highest BCUT2D eigenvalue weighted by Gasteiger charge is 2.35. The third-order valence-electron chi connectivity index (χ3n) is 4.55. The molecule has 0 aromatic carbocycles. The third-order valence-corrected chi connectivity index (χ3v) is 5.36. The Balaban J connectivity index is 2.06. The lowest BCUT2D eigenvalue weighted by molar-refractivity contribution is 0.0613. The van der Waals surface area contributed by atoms with Gasteiger partial charge in [0.05, 0.1) is 5.51 Å². The van der Waals surface area contributed by atoms with Gasteiger partial charge in [-0.05, 0) is 52.7 Å². The fourth-order valence-electron chi connectivity index (χ4n) is 3.12. The Hall–Kier alpha value is -0.450. The Morgan fingerprint density at radius 3 is 2.70 bits per heavy atom. The van der Waals surface area contributed by atoms with E-state index in [9.17, 15) is 0 Å². The second-order valence-electron chi connectivity index (χ2n) is 6.38. The van der Waals surface area contributed by atoms with Crippen molar-refractivity contribution in [1.82, 2.24) is 15.2 Å². The van der Waals surface area contributed by atoms with Gasteiger partial charge in [0.15, 0.2) is 0 Å². The average Bonchev–Trinajstić information content (AvgIpc) is 2.97. The Morgan fingerprint density at radius 2 is 2.10 bits per heavy atom. The van der Waals surface area contributed by atoms with Gasteiger partial charge in [0.1, 0.15) is 0 Å². The summed E-state index contributed by atoms with van der Waals surface area (Å²) in [6.07, 6.45) is 8.41. The van der Waals surface area contributed by atoms with Gasteiger partial charge in [-0.2, -0.15) is 0 Å². The van der Waals surface area contributed by atoms with Crippen LogP contribution in [-0.2, 0) is 6.42 Å². The minimum absolute atomic E-state index is 0.208. The lowest BCUT2D eigenvalue weighted by Crippen LogP contribution is -2.59. The maximum atomic E-state index is 4.23. The van der Waals surface area contributed by atoms with E-state index in [-0.39, 0.29) is 5.54 Å². The lowest BCUT2D eigenvalue weighted by Gasteiger charge is -2.46. The van der Waals surface area contributed by atoms with Crippen LogP contribution in [0.4, 0.5) is 0 Å². The van der Waals surface area contributed by atoms with E-state index >= 15 is 0 Å². The predicted octanol–water partition coefficient (Wildman–Crippen LogP) is 3.32. The topological polar surface area (TPSA) is 28.2 Å². The molecule has 0 radical (unpaired) electrons. The van der Waals surface area contributed by atoms with Crippen molar-refractivity contribution in [2.45, 2.75) is 64.5 Å². The Morgan fingerprint density at radius 1 is 1.35 bits per heavy atom. The number of hydrogen-bond donors (Lipinski definition) is 1. The van der Waals surface area contributed by atoms with E-state index in [1.165, 1.54) is 43.6 Å². The number of thiazole rings is 1. The first-order chi connectivity index (χ1) is 9.64. The fraction of sp³-hybridized carbons (Fsp3) is 0.812. The first-order valence-corrected chi connectivity index (χ1v) is 8.88. The molecule has 1 atom stereocenters. The molecule has 1 aliphatic rings. The minimum Gasteiger partial charge on any atom is -0.312 e. The molecule has 1 saturated heterocycles. The van der Waals surface area contributed by atoms with Gasteiger partial charge in [-0.15, -0.1) is 11.3 Å². The van der Waals surface area contributed by atoms with Crippen molar-refractivity contribution in [3.8, 4) is 0 Å². The molecule has 0 spiro atoms. The fourth-order valence-corrected chi connectivity index (χ4v) is 3.77. The van der Waals surface area contributed by atoms with Crippen LogP contribution < -0.4 is 5.32 Å². The molecule has 0 saturated carbocycles. The quantitative estimate of drug-likeness (QED) is 0.836. The second-order valence-corrected chi connectivity index (χ2v) is 7.35. The summed E-state index contributed by atoms with van der Waals surface area (Å²) in [6, 6.07) is 0.501. The molecule has 2 rings (SSSR count). The van der Waals surface area contributed by atoms with Crippen LogP contribution in [0.2, 0.25) is 0 Å². The number of rotatable bonds is 7. The van der Waals surface area contributed by atoms with Gasteiger partial charge < -0.3 is 5.32 Å². The third kappa shape index (κ3) is 4.03. The lowest BCUT2D eigenvalue weighted by atomic mass is 9.87. The van der Waals surface area contributed by atoms with Gasteiger partial charge in [0, 0.05) is 29.1 Å². The van der Waals surface area contributed by atoms with E-state index in [2.05, 4.69) is 36.0 Å². The van der Waals surface area contributed by atoms with Crippen molar-refractivity contribution in [2.24, 2.45) is 0 Å². The molecule has 1 aliphatic heterocycles. The molecule has 1 unspecified atom stereocenters. The number of nitrogens with one attached hydrogen (secondary N) is 1. The van der Waals surface area contributed by atoms with Crippen molar-refractivity contribution < 1.29 is 0 Å². The maximum absolute atomic E-state index is 4.23. The molecule has 1 N–H and O–H groups in total. The molecule has 1 fully saturated rings. The first kappa shape index (κ1) is 15.9.